The molecule has 0 radical (unpaired) electrons. The van der Waals surface area contributed by atoms with Crippen LogP contribution in [0.1, 0.15) is 18.4 Å². The van der Waals surface area contributed by atoms with Gasteiger partial charge >= 0.3 is 0 Å². The first kappa shape index (κ1) is 8.30. The molecule has 1 saturated carbocycles. The molecule has 2 N–H and O–H groups in total. The molecule has 2 rings (SSSR count). The maximum atomic E-state index is 5.82. The molecule has 13 heavy (non-hydrogen) atoms. The first-order valence-electron chi connectivity index (χ1n) is 4.71. The molecule has 1 aliphatic rings. The van der Waals surface area contributed by atoms with Gasteiger partial charge in [0.1, 0.15) is 5.84 Å². The summed E-state index contributed by atoms with van der Waals surface area (Å²) in [5, 5.41) is 0. The molecule has 1 aromatic carbocycles. The molecule has 68 valence electrons. The molecule has 0 bridgehead atoms. The van der Waals surface area contributed by atoms with Gasteiger partial charge in [0.25, 0.3) is 0 Å². The van der Waals surface area contributed by atoms with Gasteiger partial charge in [-0.15, -0.1) is 0 Å². The lowest BCUT2D eigenvalue weighted by molar-refractivity contribution is 0.847. The smallest absolute Gasteiger partial charge is 0.125 e. The lowest BCUT2D eigenvalue weighted by Crippen LogP contribution is -2.13. The molecular formula is C11H14N2. The van der Waals surface area contributed by atoms with Crippen molar-refractivity contribution in [2.24, 2.45) is 16.6 Å². The molecule has 0 spiro atoms. The molecule has 1 aliphatic carbocycles. The number of hydrogen-bond acceptors (Lipinski definition) is 1. The van der Waals surface area contributed by atoms with Crippen molar-refractivity contribution < 1.29 is 0 Å². The Hall–Kier alpha value is -1.31. The third kappa shape index (κ3) is 2.31. The quantitative estimate of drug-likeness (QED) is 0.550. The maximum absolute atomic E-state index is 5.82. The van der Waals surface area contributed by atoms with E-state index in [0.717, 1.165) is 18.0 Å². The van der Waals surface area contributed by atoms with Crippen LogP contribution in [0.2, 0.25) is 0 Å². The van der Waals surface area contributed by atoms with Gasteiger partial charge < -0.3 is 5.73 Å². The molecular weight excluding hydrogens is 160 g/mol. The zero-order chi connectivity index (χ0) is 9.10. The van der Waals surface area contributed by atoms with E-state index in [1.165, 1.54) is 12.8 Å². The number of rotatable bonds is 3. The van der Waals surface area contributed by atoms with Crippen molar-refractivity contribution >= 4 is 5.84 Å². The Kier molecular flexibility index (Phi) is 2.30. The molecule has 0 aliphatic heterocycles. The van der Waals surface area contributed by atoms with Gasteiger partial charge in [-0.3, -0.25) is 4.99 Å². The van der Waals surface area contributed by atoms with Gasteiger partial charge in [0, 0.05) is 12.1 Å². The van der Waals surface area contributed by atoms with Crippen LogP contribution in [0.4, 0.5) is 0 Å². The molecule has 0 atom stereocenters. The SMILES string of the molecule is N/C(=N\CC1CC1)c1ccccc1. The number of benzene rings is 1. The lowest BCUT2D eigenvalue weighted by Gasteiger charge is -1.99. The van der Waals surface area contributed by atoms with Gasteiger partial charge in [-0.05, 0) is 18.8 Å². The second-order valence-corrected chi connectivity index (χ2v) is 3.54. The first-order chi connectivity index (χ1) is 6.36. The Balaban J connectivity index is 2.02. The summed E-state index contributed by atoms with van der Waals surface area (Å²) in [7, 11) is 0. The highest BCUT2D eigenvalue weighted by Gasteiger charge is 2.20. The van der Waals surface area contributed by atoms with Gasteiger partial charge in [-0.2, -0.15) is 0 Å². The number of hydrogen-bond donors (Lipinski definition) is 1. The van der Waals surface area contributed by atoms with Crippen LogP contribution in [0.3, 0.4) is 0 Å². The third-order valence-electron chi connectivity index (χ3n) is 2.29. The molecule has 0 aromatic heterocycles. The van der Waals surface area contributed by atoms with Gasteiger partial charge in [-0.1, -0.05) is 30.3 Å². The summed E-state index contributed by atoms with van der Waals surface area (Å²) in [6, 6.07) is 9.93. The van der Waals surface area contributed by atoms with Crippen molar-refractivity contribution in [1.29, 1.82) is 0 Å². The monoisotopic (exact) mass is 174 g/mol. The van der Waals surface area contributed by atoms with E-state index in [9.17, 15) is 0 Å². The number of nitrogens with two attached hydrogens (primary N) is 1. The van der Waals surface area contributed by atoms with Crippen LogP contribution in [0.25, 0.3) is 0 Å². The number of amidine groups is 1. The topological polar surface area (TPSA) is 38.4 Å². The fourth-order valence-corrected chi connectivity index (χ4v) is 1.23. The minimum Gasteiger partial charge on any atom is -0.384 e. The summed E-state index contributed by atoms with van der Waals surface area (Å²) in [5.41, 5.74) is 6.85. The maximum Gasteiger partial charge on any atom is 0.125 e. The van der Waals surface area contributed by atoms with E-state index >= 15 is 0 Å². The Bertz CT molecular complexity index is 299. The predicted octanol–water partition coefficient (Wildman–Crippen LogP) is 1.80. The van der Waals surface area contributed by atoms with Crippen LogP contribution in [0.15, 0.2) is 35.3 Å². The van der Waals surface area contributed by atoms with Crippen LogP contribution < -0.4 is 5.73 Å². The second kappa shape index (κ2) is 3.60. The summed E-state index contributed by atoms with van der Waals surface area (Å²) in [5.74, 6) is 1.48. The molecule has 0 unspecified atom stereocenters. The van der Waals surface area contributed by atoms with Gasteiger partial charge in [0.2, 0.25) is 0 Å². The van der Waals surface area contributed by atoms with E-state index in [0.29, 0.717) is 5.84 Å². The third-order valence-corrected chi connectivity index (χ3v) is 2.29. The minimum absolute atomic E-state index is 0.674. The number of nitrogens with zero attached hydrogens (tertiary/aromatic N) is 1. The van der Waals surface area contributed by atoms with Crippen LogP contribution >= 0.6 is 0 Å². The van der Waals surface area contributed by atoms with E-state index < -0.39 is 0 Å². The molecule has 0 saturated heterocycles. The van der Waals surface area contributed by atoms with Crippen LogP contribution in [-0.2, 0) is 0 Å². The van der Waals surface area contributed by atoms with Crippen molar-refractivity contribution in [3.8, 4) is 0 Å². The summed E-state index contributed by atoms with van der Waals surface area (Å²) in [4.78, 5) is 4.35. The fraction of sp³-hybridized carbons (Fsp3) is 0.364. The Morgan fingerprint density at radius 2 is 2.00 bits per heavy atom. The van der Waals surface area contributed by atoms with Crippen molar-refractivity contribution in [3.63, 3.8) is 0 Å². The lowest BCUT2D eigenvalue weighted by atomic mass is 10.2. The number of aliphatic imine (C=N–C) groups is 1. The zero-order valence-corrected chi connectivity index (χ0v) is 7.61. The summed E-state index contributed by atoms with van der Waals surface area (Å²) >= 11 is 0. The fourth-order valence-electron chi connectivity index (χ4n) is 1.23. The van der Waals surface area contributed by atoms with E-state index in [1.54, 1.807) is 0 Å². The molecule has 0 amide bonds. The average Bonchev–Trinajstić information content (AvgIpc) is 2.99. The summed E-state index contributed by atoms with van der Waals surface area (Å²) in [6.07, 6.45) is 2.65. The van der Waals surface area contributed by atoms with Crippen molar-refractivity contribution in [1.82, 2.24) is 0 Å². The standard InChI is InChI=1S/C11H14N2/c12-11(13-8-9-6-7-9)10-4-2-1-3-5-10/h1-5,9H,6-8H2,(H2,12,13). The molecule has 1 aromatic rings. The van der Waals surface area contributed by atoms with Crippen LogP contribution in [0, 0.1) is 5.92 Å². The Morgan fingerprint density at radius 1 is 1.31 bits per heavy atom. The average molecular weight is 174 g/mol. The van der Waals surface area contributed by atoms with E-state index in [1.807, 2.05) is 30.3 Å². The second-order valence-electron chi connectivity index (χ2n) is 3.54. The highest BCUT2D eigenvalue weighted by Crippen LogP contribution is 2.28. The first-order valence-corrected chi connectivity index (χ1v) is 4.71. The van der Waals surface area contributed by atoms with Crippen LogP contribution in [0.5, 0.6) is 0 Å². The van der Waals surface area contributed by atoms with Gasteiger partial charge in [-0.25, -0.2) is 0 Å². The van der Waals surface area contributed by atoms with Crippen molar-refractivity contribution in [2.45, 2.75) is 12.8 Å². The molecule has 1 fully saturated rings. The van der Waals surface area contributed by atoms with Crippen molar-refractivity contribution in [3.05, 3.63) is 35.9 Å². The molecule has 2 nitrogen and oxygen atoms in total. The highest BCUT2D eigenvalue weighted by molar-refractivity contribution is 5.97. The summed E-state index contributed by atoms with van der Waals surface area (Å²) < 4.78 is 0. The van der Waals surface area contributed by atoms with Gasteiger partial charge in [0.05, 0.1) is 0 Å². The minimum atomic E-state index is 0.674. The zero-order valence-electron chi connectivity index (χ0n) is 7.61. The largest absolute Gasteiger partial charge is 0.384 e. The Morgan fingerprint density at radius 3 is 2.62 bits per heavy atom. The van der Waals surface area contributed by atoms with E-state index in [4.69, 9.17) is 5.73 Å². The predicted molar refractivity (Wildman–Crippen MR) is 54.8 cm³/mol. The molecule has 2 heteroatoms. The Labute approximate surface area is 78.5 Å². The van der Waals surface area contributed by atoms with E-state index in [2.05, 4.69) is 4.99 Å². The van der Waals surface area contributed by atoms with Crippen molar-refractivity contribution in [2.75, 3.05) is 6.54 Å². The van der Waals surface area contributed by atoms with Crippen LogP contribution in [-0.4, -0.2) is 12.4 Å². The summed E-state index contributed by atoms with van der Waals surface area (Å²) in [6.45, 7) is 0.903. The normalized spacial score (nSPS) is 17.4. The van der Waals surface area contributed by atoms with Gasteiger partial charge in [0.15, 0.2) is 0 Å². The van der Waals surface area contributed by atoms with E-state index in [-0.39, 0.29) is 0 Å². The highest BCUT2D eigenvalue weighted by atomic mass is 14.9. The molecule has 0 heterocycles.